The van der Waals surface area contributed by atoms with E-state index in [-0.39, 0.29) is 11.2 Å². The Kier molecular flexibility index (Phi) is 2.14. The lowest BCUT2D eigenvalue weighted by atomic mass is 10.1. The van der Waals surface area contributed by atoms with E-state index < -0.39 is 0 Å². The van der Waals surface area contributed by atoms with Crippen LogP contribution in [0.1, 0.15) is 17.7 Å². The minimum Gasteiger partial charge on any atom is -0.356 e. The highest BCUT2D eigenvalue weighted by Crippen LogP contribution is 2.24. The average molecular weight is 282 g/mol. The summed E-state index contributed by atoms with van der Waals surface area (Å²) >= 11 is 3.21. The summed E-state index contributed by atoms with van der Waals surface area (Å²) in [5.74, 6) is -0.379. The third kappa shape index (κ3) is 1.33. The lowest BCUT2D eigenvalue weighted by molar-refractivity contribution is 0.635. The normalized spacial score (nSPS) is 14.4. The monoisotopic (exact) mass is 281 g/mol. The van der Waals surface area contributed by atoms with Crippen molar-refractivity contribution in [2.45, 2.75) is 19.3 Å². The van der Waals surface area contributed by atoms with E-state index in [0.29, 0.717) is 15.4 Å². The molecule has 0 atom stereocenters. The molecule has 1 aromatic heterocycles. The summed E-state index contributed by atoms with van der Waals surface area (Å²) in [5, 5.41) is 0.438. The Hall–Kier alpha value is -1.16. The van der Waals surface area contributed by atoms with E-state index >= 15 is 0 Å². The zero-order valence-corrected chi connectivity index (χ0v) is 10.0. The van der Waals surface area contributed by atoms with Crippen molar-refractivity contribution in [3.8, 4) is 0 Å². The van der Waals surface area contributed by atoms with Crippen molar-refractivity contribution in [3.63, 3.8) is 0 Å². The zero-order chi connectivity index (χ0) is 11.3. The first-order valence-corrected chi connectivity index (χ1v) is 5.99. The Bertz CT molecular complexity index is 647. The topological polar surface area (TPSA) is 32.9 Å². The number of benzene rings is 1. The molecule has 1 aromatic carbocycles. The number of H-pyrrole nitrogens is 1. The fourth-order valence-electron chi connectivity index (χ4n) is 2.33. The van der Waals surface area contributed by atoms with E-state index in [9.17, 15) is 9.18 Å². The molecule has 0 fully saturated rings. The third-order valence-electron chi connectivity index (χ3n) is 3.07. The highest BCUT2D eigenvalue weighted by atomic mass is 79.9. The van der Waals surface area contributed by atoms with Crippen molar-refractivity contribution in [2.24, 2.45) is 0 Å². The first-order chi connectivity index (χ1) is 7.66. The number of aromatic nitrogens is 1. The highest BCUT2D eigenvalue weighted by Gasteiger charge is 2.18. The molecule has 2 nitrogen and oxygen atoms in total. The second kappa shape index (κ2) is 3.42. The molecule has 1 N–H and O–H groups in total. The first-order valence-electron chi connectivity index (χ1n) is 5.19. The Balaban J connectivity index is 2.51. The van der Waals surface area contributed by atoms with Gasteiger partial charge in [0.25, 0.3) is 0 Å². The van der Waals surface area contributed by atoms with Crippen LogP contribution in [-0.2, 0) is 12.8 Å². The van der Waals surface area contributed by atoms with Gasteiger partial charge in [0.1, 0.15) is 5.82 Å². The number of pyridine rings is 1. The number of halogens is 2. The molecule has 0 bridgehead atoms. The van der Waals surface area contributed by atoms with Gasteiger partial charge >= 0.3 is 0 Å². The number of hydrogen-bond donors (Lipinski definition) is 1. The van der Waals surface area contributed by atoms with Crippen LogP contribution in [0.3, 0.4) is 0 Å². The summed E-state index contributed by atoms with van der Waals surface area (Å²) in [7, 11) is 0. The summed E-state index contributed by atoms with van der Waals surface area (Å²) in [6.45, 7) is 0. The minimum absolute atomic E-state index is 0.0264. The van der Waals surface area contributed by atoms with Gasteiger partial charge in [-0.1, -0.05) is 15.9 Å². The van der Waals surface area contributed by atoms with E-state index in [4.69, 9.17) is 0 Å². The van der Waals surface area contributed by atoms with Crippen molar-refractivity contribution in [2.75, 3.05) is 0 Å². The molecule has 4 heteroatoms. The Morgan fingerprint density at radius 1 is 1.31 bits per heavy atom. The number of rotatable bonds is 0. The second-order valence-corrected chi connectivity index (χ2v) is 4.99. The lowest BCUT2D eigenvalue weighted by Crippen LogP contribution is -2.11. The number of hydrogen-bond acceptors (Lipinski definition) is 1. The summed E-state index contributed by atoms with van der Waals surface area (Å²) < 4.78 is 14.3. The molecule has 0 saturated heterocycles. The van der Waals surface area contributed by atoms with Crippen LogP contribution >= 0.6 is 15.9 Å². The van der Waals surface area contributed by atoms with Crippen LogP contribution in [0, 0.1) is 5.82 Å². The number of nitrogens with one attached hydrogen (secondary N) is 1. The fourth-order valence-corrected chi connectivity index (χ4v) is 2.76. The van der Waals surface area contributed by atoms with E-state index in [1.807, 2.05) is 0 Å². The zero-order valence-electron chi connectivity index (χ0n) is 8.44. The minimum atomic E-state index is -0.379. The lowest BCUT2D eigenvalue weighted by Gasteiger charge is -2.05. The molecule has 1 heterocycles. The smallest absolute Gasteiger partial charge is 0.192 e. The van der Waals surface area contributed by atoms with Crippen LogP contribution in [0.4, 0.5) is 4.39 Å². The van der Waals surface area contributed by atoms with Gasteiger partial charge in [0.15, 0.2) is 5.43 Å². The van der Waals surface area contributed by atoms with Crippen LogP contribution in [0.15, 0.2) is 21.4 Å². The third-order valence-corrected chi connectivity index (χ3v) is 3.53. The average Bonchev–Trinajstić information content (AvgIpc) is 2.68. The Morgan fingerprint density at radius 3 is 2.94 bits per heavy atom. The number of fused-ring (bicyclic) bond motifs is 2. The van der Waals surface area contributed by atoms with Gasteiger partial charge in [0, 0.05) is 21.1 Å². The van der Waals surface area contributed by atoms with E-state index in [0.717, 1.165) is 30.5 Å². The standard InChI is InChI=1S/C12H9BrFNO/c13-6-4-8-11(9(14)5-6)15-10-3-1-2-7(10)12(8)16/h4-5H,1-3H2,(H,15,16). The SMILES string of the molecule is O=c1c2c([nH]c3c(F)cc(Br)cc13)CCC2. The van der Waals surface area contributed by atoms with Gasteiger partial charge in [-0.25, -0.2) is 4.39 Å². The molecule has 0 saturated carbocycles. The first kappa shape index (κ1) is 10.0. The van der Waals surface area contributed by atoms with Crippen molar-refractivity contribution in [1.29, 1.82) is 0 Å². The maximum Gasteiger partial charge on any atom is 0.192 e. The van der Waals surface area contributed by atoms with Crippen LogP contribution in [-0.4, -0.2) is 4.98 Å². The van der Waals surface area contributed by atoms with Gasteiger partial charge in [-0.3, -0.25) is 4.79 Å². The largest absolute Gasteiger partial charge is 0.356 e. The molecule has 0 aliphatic heterocycles. The molecule has 1 aliphatic carbocycles. The number of aryl methyl sites for hydroxylation is 1. The quantitative estimate of drug-likeness (QED) is 0.791. The maximum absolute atomic E-state index is 13.7. The molecule has 0 radical (unpaired) electrons. The Morgan fingerprint density at radius 2 is 2.12 bits per heavy atom. The van der Waals surface area contributed by atoms with E-state index in [1.54, 1.807) is 6.07 Å². The molecule has 16 heavy (non-hydrogen) atoms. The fraction of sp³-hybridized carbons (Fsp3) is 0.250. The summed E-state index contributed by atoms with van der Waals surface area (Å²) in [6.07, 6.45) is 2.62. The van der Waals surface area contributed by atoms with Crippen LogP contribution < -0.4 is 5.43 Å². The molecule has 3 rings (SSSR count). The summed E-state index contributed by atoms with van der Waals surface area (Å²) in [4.78, 5) is 15.2. The van der Waals surface area contributed by atoms with Crippen LogP contribution in [0.25, 0.3) is 10.9 Å². The van der Waals surface area contributed by atoms with Gasteiger partial charge in [-0.05, 0) is 31.4 Å². The molecule has 82 valence electrons. The predicted molar refractivity (Wildman–Crippen MR) is 64.3 cm³/mol. The molecule has 1 aliphatic rings. The molecule has 0 spiro atoms. The van der Waals surface area contributed by atoms with Crippen LogP contribution in [0.2, 0.25) is 0 Å². The van der Waals surface area contributed by atoms with Gasteiger partial charge in [0.05, 0.1) is 5.52 Å². The van der Waals surface area contributed by atoms with Gasteiger partial charge in [0.2, 0.25) is 0 Å². The maximum atomic E-state index is 13.7. The summed E-state index contributed by atoms with van der Waals surface area (Å²) in [5.41, 5.74) is 2.03. The molecule has 0 amide bonds. The molecule has 2 aromatic rings. The van der Waals surface area contributed by atoms with Crippen molar-refractivity contribution in [3.05, 3.63) is 43.9 Å². The van der Waals surface area contributed by atoms with Crippen molar-refractivity contribution >= 4 is 26.8 Å². The second-order valence-electron chi connectivity index (χ2n) is 4.07. The van der Waals surface area contributed by atoms with E-state index in [2.05, 4.69) is 20.9 Å². The van der Waals surface area contributed by atoms with Crippen molar-refractivity contribution in [1.82, 2.24) is 4.98 Å². The number of aromatic amines is 1. The molecular weight excluding hydrogens is 273 g/mol. The predicted octanol–water partition coefficient (Wildman–Crippen LogP) is 2.92. The van der Waals surface area contributed by atoms with Crippen LogP contribution in [0.5, 0.6) is 0 Å². The van der Waals surface area contributed by atoms with Gasteiger partial charge in [-0.2, -0.15) is 0 Å². The summed E-state index contributed by atoms with van der Waals surface area (Å²) in [6, 6.07) is 3.05. The van der Waals surface area contributed by atoms with Gasteiger partial charge < -0.3 is 4.98 Å². The van der Waals surface area contributed by atoms with E-state index in [1.165, 1.54) is 6.07 Å². The molecule has 0 unspecified atom stereocenters. The Labute approximate surface area is 99.6 Å². The molecular formula is C12H9BrFNO. The highest BCUT2D eigenvalue weighted by molar-refractivity contribution is 9.10. The van der Waals surface area contributed by atoms with Gasteiger partial charge in [-0.15, -0.1) is 0 Å². The van der Waals surface area contributed by atoms with Crippen molar-refractivity contribution < 1.29 is 4.39 Å².